The van der Waals surface area contributed by atoms with Gasteiger partial charge >= 0.3 is 0 Å². The Bertz CT molecular complexity index is 513. The second kappa shape index (κ2) is 14.2. The summed E-state index contributed by atoms with van der Waals surface area (Å²) >= 11 is 0. The second-order valence-electron chi connectivity index (χ2n) is 7.11. The number of hydrogen-bond donors (Lipinski definition) is 4. The number of nitrogens with zero attached hydrogens (tertiary/aromatic N) is 2. The van der Waals surface area contributed by atoms with Crippen LogP contribution in [0.5, 0.6) is 0 Å². The predicted octanol–water partition coefficient (Wildman–Crippen LogP) is 1.02. The number of amides is 1. The van der Waals surface area contributed by atoms with Crippen molar-refractivity contribution in [3.05, 3.63) is 12.8 Å². The molecule has 0 aromatic rings. The standard InChI is InChI=1S/C20H38N6O/c1-7-11-26(6)12-10-24-20(27)18(19(22)23-9-3)16(5)25-14-17(8-2)15(4)13-21/h9,12,15-19,23,25H,3,7-8,10-11,14,22H2,1-2,4-6H3/p+1/b26-12-. The molecular weight excluding hydrogens is 340 g/mol. The van der Waals surface area contributed by atoms with Gasteiger partial charge in [-0.05, 0) is 32.5 Å². The molecule has 5 unspecified atom stereocenters. The van der Waals surface area contributed by atoms with E-state index in [1.807, 2.05) is 27.1 Å². The maximum absolute atomic E-state index is 12.7. The van der Waals surface area contributed by atoms with E-state index in [2.05, 4.69) is 47.0 Å². The van der Waals surface area contributed by atoms with Crippen LogP contribution in [0.3, 0.4) is 0 Å². The van der Waals surface area contributed by atoms with Crippen molar-refractivity contribution < 1.29 is 9.37 Å². The Hall–Kier alpha value is -1.91. The molecule has 1 amide bonds. The summed E-state index contributed by atoms with van der Waals surface area (Å²) in [5.41, 5.74) is 6.18. The van der Waals surface area contributed by atoms with Crippen molar-refractivity contribution in [2.75, 3.05) is 26.7 Å². The third-order valence-electron chi connectivity index (χ3n) is 4.93. The van der Waals surface area contributed by atoms with Crippen LogP contribution in [-0.2, 0) is 4.79 Å². The molecule has 0 saturated carbocycles. The van der Waals surface area contributed by atoms with Gasteiger partial charge in [-0.2, -0.15) is 5.26 Å². The van der Waals surface area contributed by atoms with Gasteiger partial charge in [-0.3, -0.25) is 4.79 Å². The molecule has 5 N–H and O–H groups in total. The Balaban J connectivity index is 4.96. The van der Waals surface area contributed by atoms with Crippen LogP contribution in [0.25, 0.3) is 0 Å². The fourth-order valence-electron chi connectivity index (χ4n) is 3.05. The van der Waals surface area contributed by atoms with Gasteiger partial charge in [0.05, 0.1) is 24.7 Å². The van der Waals surface area contributed by atoms with Gasteiger partial charge in [0.25, 0.3) is 0 Å². The number of nitrogens with one attached hydrogen (secondary N) is 3. The number of nitrogens with two attached hydrogens (primary N) is 1. The molecule has 27 heavy (non-hydrogen) atoms. The summed E-state index contributed by atoms with van der Waals surface area (Å²) in [6.07, 6.45) is 4.88. The molecule has 0 heterocycles. The molecule has 0 aliphatic rings. The van der Waals surface area contributed by atoms with Gasteiger partial charge in [0, 0.05) is 18.4 Å². The largest absolute Gasteiger partial charge is 0.376 e. The lowest BCUT2D eigenvalue weighted by molar-refractivity contribution is -0.493. The smallest absolute Gasteiger partial charge is 0.228 e. The Morgan fingerprint density at radius 2 is 2.04 bits per heavy atom. The quantitative estimate of drug-likeness (QED) is 0.205. The Morgan fingerprint density at radius 3 is 2.56 bits per heavy atom. The second-order valence-corrected chi connectivity index (χ2v) is 7.11. The SMILES string of the molecule is C=CNC(N)C(C(=O)NC/C=[N+](/C)CCC)C(C)NCC(CC)C(C)C#N. The van der Waals surface area contributed by atoms with Crippen LogP contribution in [0.1, 0.15) is 40.5 Å². The molecule has 0 rings (SSSR count). The molecule has 7 heteroatoms. The molecule has 0 radical (unpaired) electrons. The first kappa shape index (κ1) is 25.1. The topological polar surface area (TPSA) is 106 Å². The summed E-state index contributed by atoms with van der Waals surface area (Å²) in [6.45, 7) is 13.8. The average molecular weight is 380 g/mol. The Kier molecular flexibility index (Phi) is 13.2. The van der Waals surface area contributed by atoms with Gasteiger partial charge in [0.15, 0.2) is 6.21 Å². The van der Waals surface area contributed by atoms with Crippen LogP contribution in [0.4, 0.5) is 0 Å². The molecule has 0 aliphatic carbocycles. The highest BCUT2D eigenvalue weighted by atomic mass is 16.2. The average Bonchev–Trinajstić information content (AvgIpc) is 2.62. The molecule has 0 fully saturated rings. The number of hydrogen-bond acceptors (Lipinski definition) is 5. The lowest BCUT2D eigenvalue weighted by Gasteiger charge is -2.30. The van der Waals surface area contributed by atoms with E-state index < -0.39 is 12.1 Å². The molecule has 0 aromatic heterocycles. The van der Waals surface area contributed by atoms with Gasteiger partial charge < -0.3 is 21.7 Å². The van der Waals surface area contributed by atoms with Crippen molar-refractivity contribution in [1.82, 2.24) is 16.0 Å². The van der Waals surface area contributed by atoms with Crippen molar-refractivity contribution in [3.63, 3.8) is 0 Å². The van der Waals surface area contributed by atoms with Crippen LogP contribution in [-0.4, -0.2) is 55.6 Å². The minimum atomic E-state index is -0.549. The van der Waals surface area contributed by atoms with Crippen LogP contribution >= 0.6 is 0 Å². The zero-order chi connectivity index (χ0) is 20.8. The molecule has 5 atom stereocenters. The van der Waals surface area contributed by atoms with E-state index in [1.54, 1.807) is 0 Å². The highest BCUT2D eigenvalue weighted by Gasteiger charge is 2.31. The fraction of sp³-hybridized carbons (Fsp3) is 0.750. The van der Waals surface area contributed by atoms with Crippen molar-refractivity contribution in [2.45, 2.75) is 52.7 Å². The lowest BCUT2D eigenvalue weighted by atomic mass is 9.91. The summed E-state index contributed by atoms with van der Waals surface area (Å²) < 4.78 is 2.06. The van der Waals surface area contributed by atoms with Crippen molar-refractivity contribution in [1.29, 1.82) is 5.26 Å². The van der Waals surface area contributed by atoms with Crippen LogP contribution < -0.4 is 21.7 Å². The van der Waals surface area contributed by atoms with Crippen LogP contribution in [0.15, 0.2) is 12.8 Å². The van der Waals surface area contributed by atoms with Crippen molar-refractivity contribution in [3.8, 4) is 6.07 Å². The molecule has 0 spiro atoms. The minimum absolute atomic E-state index is 0.0364. The number of carbonyl (C=O) groups excluding carboxylic acids is 1. The van der Waals surface area contributed by atoms with E-state index in [-0.39, 0.29) is 23.8 Å². The molecule has 0 aliphatic heterocycles. The summed E-state index contributed by atoms with van der Waals surface area (Å²) in [7, 11) is 1.99. The number of carbonyl (C=O) groups is 1. The lowest BCUT2D eigenvalue weighted by Crippen LogP contribution is -2.56. The molecule has 154 valence electrons. The van der Waals surface area contributed by atoms with Crippen molar-refractivity contribution >= 4 is 12.1 Å². The summed E-state index contributed by atoms with van der Waals surface area (Å²) in [6, 6.07) is 2.15. The summed E-state index contributed by atoms with van der Waals surface area (Å²) in [4.78, 5) is 12.7. The van der Waals surface area contributed by atoms with E-state index in [0.717, 1.165) is 19.4 Å². The van der Waals surface area contributed by atoms with Gasteiger partial charge in [-0.1, -0.05) is 26.8 Å². The minimum Gasteiger partial charge on any atom is -0.376 e. The highest BCUT2D eigenvalue weighted by Crippen LogP contribution is 2.15. The van der Waals surface area contributed by atoms with E-state index in [4.69, 9.17) is 11.0 Å². The monoisotopic (exact) mass is 379 g/mol. The summed E-state index contributed by atoms with van der Waals surface area (Å²) in [5, 5.41) is 18.4. The number of rotatable bonds is 14. The van der Waals surface area contributed by atoms with Crippen LogP contribution in [0, 0.1) is 29.1 Å². The normalized spacial score (nSPS) is 17.1. The fourth-order valence-corrected chi connectivity index (χ4v) is 3.05. The molecule has 0 bridgehead atoms. The zero-order valence-electron chi connectivity index (χ0n) is 17.7. The third-order valence-corrected chi connectivity index (χ3v) is 4.93. The Morgan fingerprint density at radius 1 is 1.37 bits per heavy atom. The number of nitriles is 1. The van der Waals surface area contributed by atoms with E-state index in [1.165, 1.54) is 6.20 Å². The maximum Gasteiger partial charge on any atom is 0.228 e. The summed E-state index contributed by atoms with van der Waals surface area (Å²) in [5.74, 6) is -0.381. The van der Waals surface area contributed by atoms with Crippen LogP contribution in [0.2, 0.25) is 0 Å². The van der Waals surface area contributed by atoms with Crippen molar-refractivity contribution in [2.24, 2.45) is 23.5 Å². The third kappa shape index (κ3) is 9.55. The molecule has 0 aromatic carbocycles. The van der Waals surface area contributed by atoms with Gasteiger partial charge in [-0.25, -0.2) is 4.58 Å². The predicted molar refractivity (Wildman–Crippen MR) is 111 cm³/mol. The zero-order valence-corrected chi connectivity index (χ0v) is 17.7. The van der Waals surface area contributed by atoms with E-state index in [9.17, 15) is 4.79 Å². The van der Waals surface area contributed by atoms with Gasteiger partial charge in [0.2, 0.25) is 5.91 Å². The highest BCUT2D eigenvalue weighted by molar-refractivity contribution is 5.82. The first-order valence-electron chi connectivity index (χ1n) is 9.89. The Labute approximate surface area is 165 Å². The van der Waals surface area contributed by atoms with Gasteiger partial charge in [0.1, 0.15) is 13.6 Å². The van der Waals surface area contributed by atoms with E-state index >= 15 is 0 Å². The maximum atomic E-state index is 12.7. The first-order chi connectivity index (χ1) is 12.8. The first-order valence-corrected chi connectivity index (χ1v) is 9.89. The van der Waals surface area contributed by atoms with E-state index in [0.29, 0.717) is 13.1 Å². The van der Waals surface area contributed by atoms with Gasteiger partial charge in [-0.15, -0.1) is 0 Å². The molecular formula is C20H39N6O+. The molecule has 0 saturated heterocycles. The molecule has 7 nitrogen and oxygen atoms in total.